The minimum Gasteiger partial charge on any atom is -0.345 e. The fraction of sp³-hybridized carbons (Fsp3) is 0.900. The highest BCUT2D eigenvalue weighted by Crippen LogP contribution is 1.98. The Kier molecular flexibility index (Phi) is 7.33. The van der Waals surface area contributed by atoms with Gasteiger partial charge < -0.3 is 10.6 Å². The number of likely N-dealkylation sites (N-methyl/N-ethyl adjacent to an activating group) is 1. The van der Waals surface area contributed by atoms with Crippen LogP contribution in [-0.2, 0) is 14.8 Å². The van der Waals surface area contributed by atoms with Crippen molar-refractivity contribution in [3.8, 4) is 0 Å². The Morgan fingerprint density at radius 2 is 2.00 bits per heavy atom. The van der Waals surface area contributed by atoms with Crippen LogP contribution in [0.2, 0.25) is 0 Å². The van der Waals surface area contributed by atoms with Gasteiger partial charge in [0, 0.05) is 13.6 Å². The van der Waals surface area contributed by atoms with E-state index in [1.807, 2.05) is 6.92 Å². The summed E-state index contributed by atoms with van der Waals surface area (Å²) in [4.78, 5) is 13.1. The monoisotopic (exact) mass is 265 g/mol. The highest BCUT2D eigenvalue weighted by molar-refractivity contribution is 7.89. The molecule has 0 saturated heterocycles. The predicted molar refractivity (Wildman–Crippen MR) is 68.0 cm³/mol. The van der Waals surface area contributed by atoms with Crippen LogP contribution in [-0.4, -0.2) is 51.2 Å². The first kappa shape index (κ1) is 16.3. The Labute approximate surface area is 104 Å². The van der Waals surface area contributed by atoms with E-state index in [2.05, 4.69) is 4.72 Å². The van der Waals surface area contributed by atoms with Crippen molar-refractivity contribution in [3.63, 3.8) is 0 Å². The summed E-state index contributed by atoms with van der Waals surface area (Å²) in [5.41, 5.74) is 5.29. The molecule has 0 saturated carbocycles. The maximum absolute atomic E-state index is 11.7. The molecule has 0 heterocycles. The van der Waals surface area contributed by atoms with E-state index in [4.69, 9.17) is 5.73 Å². The minimum absolute atomic E-state index is 0.0116. The topological polar surface area (TPSA) is 92.5 Å². The van der Waals surface area contributed by atoms with Gasteiger partial charge in [0.1, 0.15) is 0 Å². The summed E-state index contributed by atoms with van der Waals surface area (Å²) in [6.07, 6.45) is 1.18. The van der Waals surface area contributed by atoms with Gasteiger partial charge in [-0.05, 0) is 33.2 Å². The lowest BCUT2D eigenvalue weighted by molar-refractivity contribution is -0.131. The van der Waals surface area contributed by atoms with Crippen molar-refractivity contribution < 1.29 is 13.2 Å². The van der Waals surface area contributed by atoms with Gasteiger partial charge in [0.2, 0.25) is 15.9 Å². The van der Waals surface area contributed by atoms with E-state index < -0.39 is 16.1 Å². The average Bonchev–Trinajstić information content (AvgIpc) is 2.26. The molecular weight excluding hydrogens is 242 g/mol. The molecule has 0 spiro atoms. The van der Waals surface area contributed by atoms with E-state index in [9.17, 15) is 13.2 Å². The van der Waals surface area contributed by atoms with Crippen molar-refractivity contribution in [2.24, 2.45) is 5.73 Å². The van der Waals surface area contributed by atoms with E-state index in [-0.39, 0.29) is 11.7 Å². The van der Waals surface area contributed by atoms with E-state index in [1.165, 1.54) is 4.90 Å². The Hall–Kier alpha value is -0.660. The summed E-state index contributed by atoms with van der Waals surface area (Å²) in [6.45, 7) is 4.41. The second-order valence-corrected chi connectivity index (χ2v) is 5.88. The molecule has 0 aliphatic heterocycles. The van der Waals surface area contributed by atoms with E-state index >= 15 is 0 Å². The van der Waals surface area contributed by atoms with Gasteiger partial charge in [-0.2, -0.15) is 0 Å². The highest BCUT2D eigenvalue weighted by atomic mass is 32.2. The Morgan fingerprint density at radius 1 is 1.41 bits per heavy atom. The third-order valence-corrected chi connectivity index (χ3v) is 3.98. The van der Waals surface area contributed by atoms with Crippen LogP contribution in [0.3, 0.4) is 0 Å². The largest absolute Gasteiger partial charge is 0.345 e. The lowest BCUT2D eigenvalue weighted by Crippen LogP contribution is -2.46. The van der Waals surface area contributed by atoms with E-state index in [1.54, 1.807) is 14.0 Å². The normalized spacial score (nSPS) is 13.4. The molecule has 17 heavy (non-hydrogen) atoms. The van der Waals surface area contributed by atoms with Crippen LogP contribution in [0, 0.1) is 0 Å². The smallest absolute Gasteiger partial charge is 0.240 e. The first-order chi connectivity index (χ1) is 7.84. The summed E-state index contributed by atoms with van der Waals surface area (Å²) in [7, 11) is -1.75. The van der Waals surface area contributed by atoms with Crippen molar-refractivity contribution in [2.75, 3.05) is 25.9 Å². The van der Waals surface area contributed by atoms with Crippen molar-refractivity contribution in [3.05, 3.63) is 0 Å². The minimum atomic E-state index is -3.39. The zero-order valence-electron chi connectivity index (χ0n) is 10.8. The number of unbranched alkanes of at least 4 members (excludes halogenated alkanes) is 1. The lowest BCUT2D eigenvalue weighted by atomic mass is 10.3. The predicted octanol–water partition coefficient (Wildman–Crippen LogP) is -0.488. The summed E-state index contributed by atoms with van der Waals surface area (Å²) in [5.74, 6) is -0.215. The third kappa shape index (κ3) is 6.60. The first-order valence-electron chi connectivity index (χ1n) is 5.79. The molecular formula is C10H23N3O3S. The van der Waals surface area contributed by atoms with Gasteiger partial charge in [0.15, 0.2) is 0 Å². The van der Waals surface area contributed by atoms with Crippen LogP contribution in [0.25, 0.3) is 0 Å². The SMILES string of the molecule is CCN(C)C(=O)C(C)NS(=O)(=O)CCCCN. The number of nitrogens with one attached hydrogen (secondary N) is 1. The molecule has 0 bridgehead atoms. The molecule has 1 unspecified atom stereocenters. The number of carbonyl (C=O) groups excluding carboxylic acids is 1. The molecule has 102 valence electrons. The van der Waals surface area contributed by atoms with Crippen LogP contribution in [0.4, 0.5) is 0 Å². The van der Waals surface area contributed by atoms with Crippen LogP contribution >= 0.6 is 0 Å². The van der Waals surface area contributed by atoms with Gasteiger partial charge in [-0.25, -0.2) is 13.1 Å². The molecule has 1 amide bonds. The Balaban J connectivity index is 4.26. The molecule has 0 aromatic heterocycles. The number of carbonyl (C=O) groups is 1. The van der Waals surface area contributed by atoms with E-state index in [0.29, 0.717) is 25.9 Å². The first-order valence-corrected chi connectivity index (χ1v) is 7.44. The standard InChI is InChI=1S/C10H23N3O3S/c1-4-13(3)10(14)9(2)12-17(15,16)8-6-5-7-11/h9,12H,4-8,11H2,1-3H3. The molecule has 0 aromatic carbocycles. The molecule has 0 aromatic rings. The van der Waals surface area contributed by atoms with Gasteiger partial charge in [0.25, 0.3) is 0 Å². The molecule has 1 atom stereocenters. The maximum Gasteiger partial charge on any atom is 0.240 e. The number of amides is 1. The summed E-state index contributed by atoms with van der Waals surface area (Å²) in [6, 6.07) is -0.720. The molecule has 0 fully saturated rings. The third-order valence-electron chi connectivity index (χ3n) is 2.44. The molecule has 3 N–H and O–H groups in total. The van der Waals surface area contributed by atoms with Crippen molar-refractivity contribution in [1.29, 1.82) is 0 Å². The molecule has 6 nitrogen and oxygen atoms in total. The number of sulfonamides is 1. The number of nitrogens with zero attached hydrogens (tertiary/aromatic N) is 1. The second-order valence-electron chi connectivity index (χ2n) is 4.01. The van der Waals surface area contributed by atoms with Crippen molar-refractivity contribution >= 4 is 15.9 Å². The van der Waals surface area contributed by atoms with Gasteiger partial charge in [0.05, 0.1) is 11.8 Å². The summed E-state index contributed by atoms with van der Waals surface area (Å²) >= 11 is 0. The average molecular weight is 265 g/mol. The van der Waals surface area contributed by atoms with E-state index in [0.717, 1.165) is 0 Å². The fourth-order valence-corrected chi connectivity index (χ4v) is 2.64. The fourth-order valence-electron chi connectivity index (χ4n) is 1.30. The number of rotatable bonds is 8. The summed E-state index contributed by atoms with van der Waals surface area (Å²) < 4.78 is 25.6. The summed E-state index contributed by atoms with van der Waals surface area (Å²) in [5, 5.41) is 0. The molecule has 0 rings (SSSR count). The molecule has 0 radical (unpaired) electrons. The van der Waals surface area contributed by atoms with Gasteiger partial charge in [-0.1, -0.05) is 0 Å². The number of nitrogens with two attached hydrogens (primary N) is 1. The number of hydrogen-bond donors (Lipinski definition) is 2. The van der Waals surface area contributed by atoms with Gasteiger partial charge in [-0.3, -0.25) is 4.79 Å². The second kappa shape index (κ2) is 7.62. The zero-order valence-corrected chi connectivity index (χ0v) is 11.6. The highest BCUT2D eigenvalue weighted by Gasteiger charge is 2.21. The molecule has 0 aliphatic carbocycles. The molecule has 0 aliphatic rings. The van der Waals surface area contributed by atoms with Crippen LogP contribution in [0.5, 0.6) is 0 Å². The zero-order chi connectivity index (χ0) is 13.5. The number of hydrogen-bond acceptors (Lipinski definition) is 4. The molecule has 7 heteroatoms. The quantitative estimate of drug-likeness (QED) is 0.579. The van der Waals surface area contributed by atoms with Crippen molar-refractivity contribution in [1.82, 2.24) is 9.62 Å². The van der Waals surface area contributed by atoms with Gasteiger partial charge in [-0.15, -0.1) is 0 Å². The van der Waals surface area contributed by atoms with Crippen molar-refractivity contribution in [2.45, 2.75) is 32.7 Å². The lowest BCUT2D eigenvalue weighted by Gasteiger charge is -2.20. The van der Waals surface area contributed by atoms with Gasteiger partial charge >= 0.3 is 0 Å². The van der Waals surface area contributed by atoms with Crippen LogP contribution in [0.1, 0.15) is 26.7 Å². The maximum atomic E-state index is 11.7. The Morgan fingerprint density at radius 3 is 2.47 bits per heavy atom. The van der Waals surface area contributed by atoms with Crippen LogP contribution in [0.15, 0.2) is 0 Å². The Bertz CT molecular complexity index is 330. The van der Waals surface area contributed by atoms with Crippen LogP contribution < -0.4 is 10.5 Å².